The average Bonchev–Trinajstić information content (AvgIpc) is 2.75. The highest BCUT2D eigenvalue weighted by molar-refractivity contribution is 6.30. The monoisotopic (exact) mass is 441 g/mol. The van der Waals surface area contributed by atoms with Gasteiger partial charge in [0.05, 0.1) is 0 Å². The van der Waals surface area contributed by atoms with Crippen molar-refractivity contribution >= 4 is 29.1 Å². The first kappa shape index (κ1) is 22.4. The summed E-state index contributed by atoms with van der Waals surface area (Å²) in [5.41, 5.74) is 3.08. The van der Waals surface area contributed by atoms with Gasteiger partial charge in [0.25, 0.3) is 5.91 Å². The molecular weight excluding hydrogens is 417 g/mol. The fourth-order valence-electron chi connectivity index (χ4n) is 3.59. The number of ether oxygens (including phenoxy) is 1. The summed E-state index contributed by atoms with van der Waals surface area (Å²) in [6.45, 7) is 2.02. The number of methoxy groups -OCH3 is 1. The van der Waals surface area contributed by atoms with Crippen molar-refractivity contribution in [3.63, 3.8) is 0 Å². The van der Waals surface area contributed by atoms with Crippen molar-refractivity contribution < 1.29 is 9.53 Å². The van der Waals surface area contributed by atoms with E-state index < -0.39 is 6.10 Å². The van der Waals surface area contributed by atoms with Crippen molar-refractivity contribution in [3.05, 3.63) is 106 Å². The highest BCUT2D eigenvalue weighted by Crippen LogP contribution is 2.27. The lowest BCUT2D eigenvalue weighted by molar-refractivity contribution is -0.132. The topological polar surface area (TPSA) is 38.3 Å². The molecular formula is C25H25Cl2NO2. The Morgan fingerprint density at radius 1 is 0.867 bits per heavy atom. The number of hydrogen-bond donors (Lipinski definition) is 1. The summed E-state index contributed by atoms with van der Waals surface area (Å²) in [6.07, 6.45) is 0.0958. The van der Waals surface area contributed by atoms with E-state index in [2.05, 4.69) is 5.32 Å². The second-order valence-corrected chi connectivity index (χ2v) is 8.19. The number of hydrogen-bond acceptors (Lipinski definition) is 2. The Kier molecular flexibility index (Phi) is 7.92. The minimum Gasteiger partial charge on any atom is -0.367 e. The Morgan fingerprint density at radius 3 is 2.00 bits per heavy atom. The van der Waals surface area contributed by atoms with Gasteiger partial charge in [-0.25, -0.2) is 0 Å². The largest absolute Gasteiger partial charge is 0.367 e. The molecule has 3 aromatic rings. The Balaban J connectivity index is 1.81. The maximum Gasteiger partial charge on any atom is 0.253 e. The van der Waals surface area contributed by atoms with Gasteiger partial charge in [0.2, 0.25) is 0 Å². The van der Waals surface area contributed by atoms with Crippen molar-refractivity contribution in [1.29, 1.82) is 0 Å². The smallest absolute Gasteiger partial charge is 0.253 e. The van der Waals surface area contributed by atoms with Gasteiger partial charge in [-0.3, -0.25) is 4.79 Å². The van der Waals surface area contributed by atoms with E-state index in [0.29, 0.717) is 10.0 Å². The first-order valence-corrected chi connectivity index (χ1v) is 10.6. The van der Waals surface area contributed by atoms with Gasteiger partial charge < -0.3 is 10.1 Å². The van der Waals surface area contributed by atoms with Crippen LogP contribution in [0.3, 0.4) is 0 Å². The standard InChI is InChI=1S/C25H25Cl2NO2/c1-17(28-25(29)24(30-2)20-6-4-3-5-7-20)23(19-10-14-22(27)15-11-19)16-18-8-12-21(26)13-9-18/h3-15,17,23-24H,16H2,1-2H3,(H,28,29)/t17?,23?,24-/m1/s1. The fourth-order valence-corrected chi connectivity index (χ4v) is 3.84. The van der Waals surface area contributed by atoms with Crippen LogP contribution in [0.4, 0.5) is 0 Å². The van der Waals surface area contributed by atoms with E-state index in [1.165, 1.54) is 0 Å². The molecule has 30 heavy (non-hydrogen) atoms. The minimum absolute atomic E-state index is 0.0562. The Labute approximate surface area is 188 Å². The normalized spacial score (nSPS) is 14.0. The first-order valence-electron chi connectivity index (χ1n) is 9.86. The molecule has 0 fully saturated rings. The van der Waals surface area contributed by atoms with E-state index in [4.69, 9.17) is 27.9 Å². The van der Waals surface area contributed by atoms with Crippen molar-refractivity contribution in [2.24, 2.45) is 0 Å². The zero-order chi connectivity index (χ0) is 21.5. The Bertz CT molecular complexity index is 943. The van der Waals surface area contributed by atoms with E-state index >= 15 is 0 Å². The second-order valence-electron chi connectivity index (χ2n) is 7.31. The van der Waals surface area contributed by atoms with Crippen LogP contribution in [0.2, 0.25) is 10.0 Å². The molecule has 1 amide bonds. The Hall–Kier alpha value is -2.33. The summed E-state index contributed by atoms with van der Waals surface area (Å²) >= 11 is 12.1. The number of rotatable bonds is 8. The maximum atomic E-state index is 13.0. The molecule has 3 rings (SSSR count). The van der Waals surface area contributed by atoms with E-state index in [-0.39, 0.29) is 17.9 Å². The molecule has 0 saturated carbocycles. The Morgan fingerprint density at radius 2 is 1.43 bits per heavy atom. The van der Waals surface area contributed by atoms with E-state index in [1.54, 1.807) is 7.11 Å². The van der Waals surface area contributed by atoms with Crippen LogP contribution < -0.4 is 5.32 Å². The van der Waals surface area contributed by atoms with E-state index in [9.17, 15) is 4.79 Å². The van der Waals surface area contributed by atoms with Crippen LogP contribution in [0.25, 0.3) is 0 Å². The van der Waals surface area contributed by atoms with E-state index in [1.807, 2.05) is 85.8 Å². The van der Waals surface area contributed by atoms with Gasteiger partial charge >= 0.3 is 0 Å². The molecule has 5 heteroatoms. The summed E-state index contributed by atoms with van der Waals surface area (Å²) in [5, 5.41) is 4.54. The van der Waals surface area contributed by atoms with Crippen LogP contribution >= 0.6 is 23.2 Å². The summed E-state index contributed by atoms with van der Waals surface area (Å²) < 4.78 is 5.49. The molecule has 0 heterocycles. The van der Waals surface area contributed by atoms with Crippen LogP contribution in [0.15, 0.2) is 78.9 Å². The summed E-state index contributed by atoms with van der Waals surface area (Å²) in [7, 11) is 1.55. The molecule has 156 valence electrons. The third kappa shape index (κ3) is 5.85. The number of amides is 1. The van der Waals surface area contributed by atoms with Crippen molar-refractivity contribution in [1.82, 2.24) is 5.32 Å². The lowest BCUT2D eigenvalue weighted by Gasteiger charge is -2.27. The van der Waals surface area contributed by atoms with E-state index in [0.717, 1.165) is 23.1 Å². The zero-order valence-corrected chi connectivity index (χ0v) is 18.5. The second kappa shape index (κ2) is 10.6. The molecule has 0 aliphatic heterocycles. The molecule has 3 aromatic carbocycles. The average molecular weight is 442 g/mol. The third-order valence-electron chi connectivity index (χ3n) is 5.22. The van der Waals surface area contributed by atoms with Crippen molar-refractivity contribution in [3.8, 4) is 0 Å². The van der Waals surface area contributed by atoms with Gasteiger partial charge in [-0.15, -0.1) is 0 Å². The van der Waals surface area contributed by atoms with Gasteiger partial charge in [-0.2, -0.15) is 0 Å². The molecule has 0 spiro atoms. The van der Waals surface area contributed by atoms with Gasteiger partial charge in [0, 0.05) is 29.1 Å². The van der Waals surface area contributed by atoms with Crippen molar-refractivity contribution in [2.45, 2.75) is 31.4 Å². The molecule has 0 aliphatic rings. The van der Waals surface area contributed by atoms with Gasteiger partial charge in [0.15, 0.2) is 6.10 Å². The van der Waals surface area contributed by atoms with Crippen LogP contribution in [-0.4, -0.2) is 19.1 Å². The minimum atomic E-state index is -0.657. The van der Waals surface area contributed by atoms with Gasteiger partial charge in [-0.1, -0.05) is 77.8 Å². The predicted octanol–water partition coefficient (Wildman–Crippen LogP) is 6.21. The number of carbonyl (C=O) groups excluding carboxylic acids is 1. The number of benzene rings is 3. The zero-order valence-electron chi connectivity index (χ0n) is 17.0. The van der Waals surface area contributed by atoms with Crippen LogP contribution in [-0.2, 0) is 16.0 Å². The SMILES string of the molecule is CO[C@@H](C(=O)NC(C)C(Cc1ccc(Cl)cc1)c1ccc(Cl)cc1)c1ccccc1. The summed E-state index contributed by atoms with van der Waals surface area (Å²) in [4.78, 5) is 13.0. The van der Waals surface area contributed by atoms with Gasteiger partial charge in [0.1, 0.15) is 0 Å². The fraction of sp³-hybridized carbons (Fsp3) is 0.240. The van der Waals surface area contributed by atoms with Gasteiger partial charge in [-0.05, 0) is 54.3 Å². The molecule has 0 aromatic heterocycles. The van der Waals surface area contributed by atoms with Crippen molar-refractivity contribution in [2.75, 3.05) is 7.11 Å². The van der Waals surface area contributed by atoms with Crippen LogP contribution in [0.1, 0.15) is 35.6 Å². The molecule has 3 nitrogen and oxygen atoms in total. The highest BCUT2D eigenvalue weighted by Gasteiger charge is 2.26. The number of carbonyl (C=O) groups is 1. The molecule has 2 unspecified atom stereocenters. The maximum absolute atomic E-state index is 13.0. The number of halogens is 2. The quantitative estimate of drug-likeness (QED) is 0.450. The third-order valence-corrected chi connectivity index (χ3v) is 5.72. The molecule has 0 radical (unpaired) electrons. The molecule has 0 aliphatic carbocycles. The molecule has 1 N–H and O–H groups in total. The lowest BCUT2D eigenvalue weighted by Crippen LogP contribution is -2.41. The van der Waals surface area contributed by atoms with Crippen LogP contribution in [0, 0.1) is 0 Å². The summed E-state index contributed by atoms with van der Waals surface area (Å²) in [5.74, 6) is -0.105. The van der Waals surface area contributed by atoms with Crippen LogP contribution in [0.5, 0.6) is 0 Å². The first-order chi connectivity index (χ1) is 14.5. The number of nitrogens with one attached hydrogen (secondary N) is 1. The highest BCUT2D eigenvalue weighted by atomic mass is 35.5. The molecule has 3 atom stereocenters. The lowest BCUT2D eigenvalue weighted by atomic mass is 9.86. The molecule has 0 saturated heterocycles. The molecule has 0 bridgehead atoms. The predicted molar refractivity (Wildman–Crippen MR) is 123 cm³/mol. The summed E-state index contributed by atoms with van der Waals surface area (Å²) in [6, 6.07) is 24.9.